The molecule has 0 radical (unpaired) electrons. The standard InChI is InChI=1S/C23H38O17/c24-7-15(28)11-35-19(30)3-1-5-21(32)37-13-17(9-26)39-23(34)40-18(10-27)14-38-22(33)6-2-4-20(31)36-12-16(29)8-25/h15-18,24-29H,1-14H2. The van der Waals surface area contributed by atoms with E-state index >= 15 is 0 Å². The maximum absolute atomic E-state index is 11.9. The number of aliphatic hydroxyl groups is 6. The Morgan fingerprint density at radius 1 is 0.475 bits per heavy atom. The zero-order valence-electron chi connectivity index (χ0n) is 21.9. The van der Waals surface area contributed by atoms with Crippen LogP contribution >= 0.6 is 0 Å². The van der Waals surface area contributed by atoms with Crippen molar-refractivity contribution < 1.29 is 83.0 Å². The van der Waals surface area contributed by atoms with Gasteiger partial charge in [-0.3, -0.25) is 19.2 Å². The van der Waals surface area contributed by atoms with E-state index in [4.69, 9.17) is 39.4 Å². The highest BCUT2D eigenvalue weighted by molar-refractivity contribution is 5.73. The van der Waals surface area contributed by atoms with Gasteiger partial charge in [-0.2, -0.15) is 0 Å². The fourth-order valence-corrected chi connectivity index (χ4v) is 2.45. The lowest BCUT2D eigenvalue weighted by Gasteiger charge is -2.19. The number of hydrogen-bond acceptors (Lipinski definition) is 17. The Morgan fingerprint density at radius 2 is 0.775 bits per heavy atom. The van der Waals surface area contributed by atoms with Crippen LogP contribution in [0.15, 0.2) is 0 Å². The number of aliphatic hydroxyl groups excluding tert-OH is 6. The summed E-state index contributed by atoms with van der Waals surface area (Å²) in [4.78, 5) is 58.4. The van der Waals surface area contributed by atoms with Crippen molar-refractivity contribution in [3.63, 3.8) is 0 Å². The molecule has 4 atom stereocenters. The summed E-state index contributed by atoms with van der Waals surface area (Å²) < 4.78 is 28.6. The Kier molecular flexibility index (Phi) is 20.9. The predicted molar refractivity (Wildman–Crippen MR) is 127 cm³/mol. The molecule has 0 amide bonds. The van der Waals surface area contributed by atoms with Gasteiger partial charge in [0, 0.05) is 25.7 Å². The Bertz CT molecular complexity index is 698. The lowest BCUT2D eigenvalue weighted by Crippen LogP contribution is -2.33. The fraction of sp³-hybridized carbons (Fsp3) is 0.783. The molecule has 0 aliphatic rings. The van der Waals surface area contributed by atoms with Gasteiger partial charge in [0.15, 0.2) is 12.2 Å². The first-order chi connectivity index (χ1) is 19.0. The van der Waals surface area contributed by atoms with E-state index in [0.29, 0.717) is 0 Å². The minimum Gasteiger partial charge on any atom is -0.463 e. The van der Waals surface area contributed by atoms with E-state index in [2.05, 4.69) is 9.47 Å². The lowest BCUT2D eigenvalue weighted by atomic mass is 10.2. The van der Waals surface area contributed by atoms with Gasteiger partial charge in [0.2, 0.25) is 0 Å². The third-order valence-electron chi connectivity index (χ3n) is 4.61. The summed E-state index contributed by atoms with van der Waals surface area (Å²) >= 11 is 0. The van der Waals surface area contributed by atoms with Gasteiger partial charge in [-0.15, -0.1) is 0 Å². The molecule has 232 valence electrons. The molecule has 0 aromatic heterocycles. The lowest BCUT2D eigenvalue weighted by molar-refractivity contribution is -0.150. The number of rotatable bonds is 22. The van der Waals surface area contributed by atoms with Crippen molar-refractivity contribution in [1.82, 2.24) is 0 Å². The van der Waals surface area contributed by atoms with E-state index in [-0.39, 0.29) is 51.7 Å². The molecule has 0 aliphatic carbocycles. The number of ether oxygens (including phenoxy) is 6. The van der Waals surface area contributed by atoms with Crippen LogP contribution in [-0.4, -0.2) is 138 Å². The van der Waals surface area contributed by atoms with Crippen LogP contribution < -0.4 is 0 Å². The van der Waals surface area contributed by atoms with Gasteiger partial charge < -0.3 is 59.1 Å². The molecule has 0 aromatic rings. The molecule has 0 aliphatic heterocycles. The van der Waals surface area contributed by atoms with Gasteiger partial charge in [0.25, 0.3) is 0 Å². The number of carbonyl (C=O) groups excluding carboxylic acids is 5. The molecule has 0 heterocycles. The van der Waals surface area contributed by atoms with Gasteiger partial charge in [-0.05, 0) is 12.8 Å². The minimum atomic E-state index is -1.36. The molecule has 0 fully saturated rings. The Labute approximate surface area is 229 Å². The molecule has 0 bridgehead atoms. The second-order valence-corrected chi connectivity index (χ2v) is 8.21. The largest absolute Gasteiger partial charge is 0.509 e. The summed E-state index contributed by atoms with van der Waals surface area (Å²) in [6.45, 7) is -4.50. The normalized spacial score (nSPS) is 13.8. The maximum Gasteiger partial charge on any atom is 0.509 e. The van der Waals surface area contributed by atoms with Crippen LogP contribution in [0.1, 0.15) is 38.5 Å². The van der Waals surface area contributed by atoms with Crippen LogP contribution in [0.2, 0.25) is 0 Å². The first-order valence-corrected chi connectivity index (χ1v) is 12.3. The van der Waals surface area contributed by atoms with E-state index in [1.807, 2.05) is 0 Å². The topological polar surface area (TPSA) is 262 Å². The van der Waals surface area contributed by atoms with Gasteiger partial charge in [-0.1, -0.05) is 0 Å². The first-order valence-electron chi connectivity index (χ1n) is 12.3. The van der Waals surface area contributed by atoms with Crippen LogP contribution in [-0.2, 0) is 47.6 Å². The second-order valence-electron chi connectivity index (χ2n) is 8.21. The number of hydrogen-bond donors (Lipinski definition) is 6. The summed E-state index contributed by atoms with van der Waals surface area (Å²) in [6, 6.07) is 0. The molecular weight excluding hydrogens is 548 g/mol. The van der Waals surface area contributed by atoms with Crippen LogP contribution in [0.4, 0.5) is 4.79 Å². The van der Waals surface area contributed by atoms with Crippen LogP contribution in [0.5, 0.6) is 0 Å². The summed E-state index contributed by atoms with van der Waals surface area (Å²) in [5.41, 5.74) is 0. The molecule has 0 saturated heterocycles. The molecule has 17 nitrogen and oxygen atoms in total. The molecule has 6 N–H and O–H groups in total. The van der Waals surface area contributed by atoms with Crippen molar-refractivity contribution >= 4 is 30.0 Å². The van der Waals surface area contributed by atoms with Gasteiger partial charge >= 0.3 is 30.0 Å². The van der Waals surface area contributed by atoms with E-state index in [1.165, 1.54) is 0 Å². The molecular formula is C23H38O17. The Hall–Kier alpha value is -3.09. The highest BCUT2D eigenvalue weighted by atomic mass is 16.7. The fourth-order valence-electron chi connectivity index (χ4n) is 2.45. The van der Waals surface area contributed by atoms with Gasteiger partial charge in [0.05, 0.1) is 26.4 Å². The third-order valence-corrected chi connectivity index (χ3v) is 4.61. The highest BCUT2D eigenvalue weighted by Gasteiger charge is 2.22. The quantitative estimate of drug-likeness (QED) is 0.0548. The van der Waals surface area contributed by atoms with Crippen molar-refractivity contribution in [1.29, 1.82) is 0 Å². The van der Waals surface area contributed by atoms with E-state index < -0.39 is 94.1 Å². The third kappa shape index (κ3) is 19.9. The van der Waals surface area contributed by atoms with Crippen LogP contribution in [0.3, 0.4) is 0 Å². The van der Waals surface area contributed by atoms with Crippen LogP contribution in [0.25, 0.3) is 0 Å². The van der Waals surface area contributed by atoms with E-state index in [0.717, 1.165) is 0 Å². The summed E-state index contributed by atoms with van der Waals surface area (Å²) in [5.74, 6) is -2.93. The van der Waals surface area contributed by atoms with Gasteiger partial charge in [0.1, 0.15) is 38.6 Å². The predicted octanol–water partition coefficient (Wildman–Crippen LogP) is -2.92. The Balaban J connectivity index is 4.20. The maximum atomic E-state index is 11.9. The molecule has 4 unspecified atom stereocenters. The van der Waals surface area contributed by atoms with Crippen molar-refractivity contribution in [3.8, 4) is 0 Å². The van der Waals surface area contributed by atoms with Crippen molar-refractivity contribution in [2.75, 3.05) is 52.9 Å². The highest BCUT2D eigenvalue weighted by Crippen LogP contribution is 2.06. The average molecular weight is 587 g/mol. The molecule has 0 rings (SSSR count). The summed E-state index contributed by atoms with van der Waals surface area (Å²) in [5, 5.41) is 54.1. The van der Waals surface area contributed by atoms with Crippen molar-refractivity contribution in [2.24, 2.45) is 0 Å². The van der Waals surface area contributed by atoms with E-state index in [1.54, 1.807) is 0 Å². The smallest absolute Gasteiger partial charge is 0.463 e. The van der Waals surface area contributed by atoms with Crippen molar-refractivity contribution in [3.05, 3.63) is 0 Å². The number of esters is 4. The minimum absolute atomic E-state index is 0.0509. The van der Waals surface area contributed by atoms with Gasteiger partial charge in [-0.25, -0.2) is 4.79 Å². The second kappa shape index (κ2) is 22.7. The SMILES string of the molecule is O=C(CCCC(=O)OCC(CO)OC(=O)OC(CO)COC(=O)CCCC(=O)OCC(O)CO)OCC(O)CO. The zero-order chi connectivity index (χ0) is 30.3. The summed E-state index contributed by atoms with van der Waals surface area (Å²) in [7, 11) is 0. The number of carbonyl (C=O) groups is 5. The van der Waals surface area contributed by atoms with E-state index in [9.17, 15) is 34.2 Å². The molecule has 0 aromatic carbocycles. The Morgan fingerprint density at radius 3 is 1.05 bits per heavy atom. The molecule has 40 heavy (non-hydrogen) atoms. The first kappa shape index (κ1) is 36.9. The van der Waals surface area contributed by atoms with Crippen LogP contribution in [0, 0.1) is 0 Å². The van der Waals surface area contributed by atoms with Crippen molar-refractivity contribution in [2.45, 2.75) is 62.9 Å². The summed E-state index contributed by atoms with van der Waals surface area (Å²) in [6.07, 6.45) is -7.01. The molecule has 0 spiro atoms. The molecule has 0 saturated carbocycles. The monoisotopic (exact) mass is 586 g/mol. The average Bonchev–Trinajstić information content (AvgIpc) is 2.94. The zero-order valence-corrected chi connectivity index (χ0v) is 21.9. The molecule has 17 heteroatoms.